The van der Waals surface area contributed by atoms with E-state index in [4.69, 9.17) is 23.2 Å². The maximum atomic E-state index is 12.4. The van der Waals surface area contributed by atoms with Gasteiger partial charge in [-0.2, -0.15) is 5.10 Å². The van der Waals surface area contributed by atoms with E-state index in [-0.39, 0.29) is 17.6 Å². The lowest BCUT2D eigenvalue weighted by molar-refractivity contribution is -0.118. The van der Waals surface area contributed by atoms with Gasteiger partial charge in [0.25, 0.3) is 5.91 Å². The highest BCUT2D eigenvalue weighted by molar-refractivity contribution is 7.99. The van der Waals surface area contributed by atoms with Crippen molar-refractivity contribution in [2.45, 2.75) is 12.7 Å². The van der Waals surface area contributed by atoms with E-state index in [1.165, 1.54) is 11.8 Å². The zero-order valence-electron chi connectivity index (χ0n) is 17.3. The van der Waals surface area contributed by atoms with Crippen LogP contribution >= 0.6 is 35.0 Å². The van der Waals surface area contributed by atoms with Crippen molar-refractivity contribution < 1.29 is 9.59 Å². The Bertz CT molecular complexity index is 1150. The molecule has 164 valence electrons. The average molecular weight is 486 g/mol. The van der Waals surface area contributed by atoms with E-state index >= 15 is 0 Å². The summed E-state index contributed by atoms with van der Waals surface area (Å²) >= 11 is 13.5. The molecule has 0 aliphatic heterocycles. The molecular formula is C24H21Cl2N3O2S. The normalized spacial score (nSPS) is 11.2. The minimum absolute atomic E-state index is 0.202. The van der Waals surface area contributed by atoms with Gasteiger partial charge in [-0.1, -0.05) is 59.6 Å². The fraction of sp³-hybridized carbons (Fsp3) is 0.125. The number of carbonyl (C=O) groups is 2. The Morgan fingerprint density at radius 3 is 2.47 bits per heavy atom. The molecule has 0 unspecified atom stereocenters. The number of hydrogen-bond acceptors (Lipinski definition) is 4. The van der Waals surface area contributed by atoms with Gasteiger partial charge in [-0.25, -0.2) is 5.43 Å². The Hall–Kier alpha value is -2.80. The van der Waals surface area contributed by atoms with E-state index in [0.29, 0.717) is 32.8 Å². The van der Waals surface area contributed by atoms with Crippen LogP contribution in [0, 0.1) is 0 Å². The van der Waals surface area contributed by atoms with Gasteiger partial charge in [0.1, 0.15) is 0 Å². The lowest BCUT2D eigenvalue weighted by atomic mass is 10.1. The molecule has 32 heavy (non-hydrogen) atoms. The van der Waals surface area contributed by atoms with Gasteiger partial charge in [0, 0.05) is 27.0 Å². The Labute approximate surface area is 201 Å². The van der Waals surface area contributed by atoms with Gasteiger partial charge in [0.15, 0.2) is 0 Å². The molecule has 2 N–H and O–H groups in total. The first-order chi connectivity index (χ1) is 15.4. The van der Waals surface area contributed by atoms with E-state index in [1.54, 1.807) is 43.3 Å². The molecule has 0 spiro atoms. The summed E-state index contributed by atoms with van der Waals surface area (Å²) in [6, 6.07) is 21.5. The number of amides is 2. The molecule has 0 aliphatic rings. The van der Waals surface area contributed by atoms with Crippen LogP contribution in [0.1, 0.15) is 28.4 Å². The molecule has 3 aromatic rings. The number of halogens is 2. The number of hydrazone groups is 1. The van der Waals surface area contributed by atoms with E-state index < -0.39 is 0 Å². The van der Waals surface area contributed by atoms with Crippen molar-refractivity contribution in [3.05, 3.63) is 99.5 Å². The second-order valence-electron chi connectivity index (χ2n) is 6.86. The molecule has 0 fully saturated rings. The quantitative estimate of drug-likeness (QED) is 0.302. The fourth-order valence-electron chi connectivity index (χ4n) is 2.77. The van der Waals surface area contributed by atoms with Gasteiger partial charge >= 0.3 is 0 Å². The Balaban J connectivity index is 1.54. The summed E-state index contributed by atoms with van der Waals surface area (Å²) < 4.78 is 0. The van der Waals surface area contributed by atoms with Gasteiger partial charge in [0.2, 0.25) is 5.91 Å². The summed E-state index contributed by atoms with van der Waals surface area (Å²) in [7, 11) is 0. The standard InChI is InChI=1S/C24H21Cl2N3O2S/c1-16(28-29-23(30)15-32-14-19-6-2-3-11-22(19)26)17-7-5-10-21(13-17)27-24(31)18-8-4-9-20(25)12-18/h2-13H,14-15H2,1H3,(H,27,31)(H,29,30)/b28-16+. The summed E-state index contributed by atoms with van der Waals surface area (Å²) in [5, 5.41) is 8.20. The highest BCUT2D eigenvalue weighted by atomic mass is 35.5. The summed E-state index contributed by atoms with van der Waals surface area (Å²) in [6.45, 7) is 1.79. The topological polar surface area (TPSA) is 70.6 Å². The van der Waals surface area contributed by atoms with Crippen LogP contribution in [0.25, 0.3) is 0 Å². The van der Waals surface area contributed by atoms with E-state index in [1.807, 2.05) is 36.4 Å². The molecule has 3 aromatic carbocycles. The molecule has 0 aliphatic carbocycles. The van der Waals surface area contributed by atoms with Crippen LogP contribution in [0.4, 0.5) is 5.69 Å². The highest BCUT2D eigenvalue weighted by Gasteiger charge is 2.08. The van der Waals surface area contributed by atoms with Crippen LogP contribution in [0.3, 0.4) is 0 Å². The third kappa shape index (κ3) is 7.12. The predicted octanol–water partition coefficient (Wildman–Crippen LogP) is 6.02. The van der Waals surface area contributed by atoms with Crippen LogP contribution in [0.5, 0.6) is 0 Å². The third-order valence-corrected chi connectivity index (χ3v) is 6.01. The Morgan fingerprint density at radius 2 is 1.69 bits per heavy atom. The van der Waals surface area contributed by atoms with Gasteiger partial charge in [-0.05, 0) is 54.4 Å². The van der Waals surface area contributed by atoms with Crippen molar-refractivity contribution in [1.82, 2.24) is 5.43 Å². The number of rotatable bonds is 8. The maximum absolute atomic E-state index is 12.4. The van der Waals surface area contributed by atoms with Gasteiger partial charge in [-0.3, -0.25) is 9.59 Å². The van der Waals surface area contributed by atoms with Crippen molar-refractivity contribution in [3.63, 3.8) is 0 Å². The third-order valence-electron chi connectivity index (χ3n) is 4.42. The minimum atomic E-state index is -0.261. The van der Waals surface area contributed by atoms with Crippen molar-refractivity contribution in [3.8, 4) is 0 Å². The van der Waals surface area contributed by atoms with Gasteiger partial charge in [0.05, 0.1) is 11.5 Å². The molecule has 0 saturated heterocycles. The van der Waals surface area contributed by atoms with Crippen LogP contribution < -0.4 is 10.7 Å². The largest absolute Gasteiger partial charge is 0.322 e. The molecule has 2 amide bonds. The molecule has 5 nitrogen and oxygen atoms in total. The molecule has 0 saturated carbocycles. The lowest BCUT2D eigenvalue weighted by Gasteiger charge is -2.08. The first-order valence-electron chi connectivity index (χ1n) is 9.74. The number of nitrogens with zero attached hydrogens (tertiary/aromatic N) is 1. The Kier molecular flexibility index (Phi) is 8.73. The van der Waals surface area contributed by atoms with E-state index in [2.05, 4.69) is 15.8 Å². The first-order valence-corrected chi connectivity index (χ1v) is 11.6. The number of thioether (sulfide) groups is 1. The van der Waals surface area contributed by atoms with Gasteiger partial charge in [-0.15, -0.1) is 11.8 Å². The summed E-state index contributed by atoms with van der Waals surface area (Å²) in [5.41, 5.74) is 6.03. The molecule has 0 bridgehead atoms. The number of hydrogen-bond donors (Lipinski definition) is 2. The van der Waals surface area contributed by atoms with Crippen molar-refractivity contribution >= 4 is 58.2 Å². The molecule has 3 rings (SSSR count). The highest BCUT2D eigenvalue weighted by Crippen LogP contribution is 2.20. The molecule has 0 radical (unpaired) electrons. The molecule has 0 heterocycles. The number of carbonyl (C=O) groups excluding carboxylic acids is 2. The second-order valence-corrected chi connectivity index (χ2v) is 8.69. The minimum Gasteiger partial charge on any atom is -0.322 e. The zero-order chi connectivity index (χ0) is 22.9. The van der Waals surface area contributed by atoms with Gasteiger partial charge < -0.3 is 5.32 Å². The summed E-state index contributed by atoms with van der Waals surface area (Å²) in [6.07, 6.45) is 0. The number of benzene rings is 3. The Morgan fingerprint density at radius 1 is 0.938 bits per heavy atom. The number of anilines is 1. The first kappa shape index (κ1) is 23.9. The predicted molar refractivity (Wildman–Crippen MR) is 134 cm³/mol. The fourth-order valence-corrected chi connectivity index (χ4v) is 4.06. The van der Waals surface area contributed by atoms with Crippen LogP contribution in [0.15, 0.2) is 77.9 Å². The molecule has 8 heteroatoms. The summed E-state index contributed by atoms with van der Waals surface area (Å²) in [5.74, 6) is 0.442. The van der Waals surface area contributed by atoms with Crippen LogP contribution in [-0.4, -0.2) is 23.3 Å². The van der Waals surface area contributed by atoms with Crippen molar-refractivity contribution in [1.29, 1.82) is 0 Å². The van der Waals surface area contributed by atoms with Crippen LogP contribution in [-0.2, 0) is 10.5 Å². The van der Waals surface area contributed by atoms with Crippen LogP contribution in [0.2, 0.25) is 10.0 Å². The molecular weight excluding hydrogens is 465 g/mol. The number of nitrogens with one attached hydrogen (secondary N) is 2. The monoisotopic (exact) mass is 485 g/mol. The van der Waals surface area contributed by atoms with Crippen molar-refractivity contribution in [2.75, 3.05) is 11.1 Å². The lowest BCUT2D eigenvalue weighted by Crippen LogP contribution is -2.21. The maximum Gasteiger partial charge on any atom is 0.255 e. The van der Waals surface area contributed by atoms with E-state index in [9.17, 15) is 9.59 Å². The molecule has 0 atom stereocenters. The average Bonchev–Trinajstić information content (AvgIpc) is 2.79. The molecule has 0 aromatic heterocycles. The smallest absolute Gasteiger partial charge is 0.255 e. The zero-order valence-corrected chi connectivity index (χ0v) is 19.6. The summed E-state index contributed by atoms with van der Waals surface area (Å²) in [4.78, 5) is 24.5. The second kappa shape index (κ2) is 11.7. The van der Waals surface area contributed by atoms with Crippen molar-refractivity contribution in [2.24, 2.45) is 5.10 Å². The van der Waals surface area contributed by atoms with E-state index in [0.717, 1.165) is 11.1 Å². The SMILES string of the molecule is C/C(=N\NC(=O)CSCc1ccccc1Cl)c1cccc(NC(=O)c2cccc(Cl)c2)c1.